The van der Waals surface area contributed by atoms with E-state index in [-0.39, 0.29) is 17.7 Å². The molecule has 0 aliphatic carbocycles. The highest BCUT2D eigenvalue weighted by Gasteiger charge is 2.16. The van der Waals surface area contributed by atoms with E-state index in [0.717, 1.165) is 11.1 Å². The third-order valence-corrected chi connectivity index (χ3v) is 5.46. The minimum atomic E-state index is -0.666. The Morgan fingerprint density at radius 3 is 2.24 bits per heavy atom. The Labute approximate surface area is 218 Å². The summed E-state index contributed by atoms with van der Waals surface area (Å²) in [5.74, 6) is 0.898. The molecule has 0 aliphatic heterocycles. The normalized spacial score (nSPS) is 11.1. The van der Waals surface area contributed by atoms with Crippen LogP contribution in [0.2, 0.25) is 0 Å². The zero-order valence-electron chi connectivity index (χ0n) is 20.1. The number of anilines is 1. The second-order valence-electron chi connectivity index (χ2n) is 8.12. The summed E-state index contributed by atoms with van der Waals surface area (Å²) < 4.78 is 11.6. The van der Waals surface area contributed by atoms with Crippen LogP contribution in [0.4, 0.5) is 10.8 Å². The number of rotatable bonds is 8. The van der Waals surface area contributed by atoms with Gasteiger partial charge in [0.05, 0.1) is 11.3 Å². The summed E-state index contributed by atoms with van der Waals surface area (Å²) in [6.07, 6.45) is 0. The van der Waals surface area contributed by atoms with Gasteiger partial charge in [-0.15, -0.1) is 5.10 Å². The highest BCUT2D eigenvalue weighted by Crippen LogP contribution is 2.30. The van der Waals surface area contributed by atoms with Gasteiger partial charge in [0, 0.05) is 11.1 Å². The third-order valence-electron chi connectivity index (χ3n) is 5.46. The lowest BCUT2D eigenvalue weighted by molar-refractivity contribution is 0.252. The van der Waals surface area contributed by atoms with Crippen molar-refractivity contribution in [3.8, 4) is 23.0 Å². The van der Waals surface area contributed by atoms with Crippen molar-refractivity contribution in [3.05, 3.63) is 126 Å². The number of nitrogens with zero attached hydrogens (tertiary/aromatic N) is 3. The van der Waals surface area contributed by atoms with Gasteiger partial charge in [0.15, 0.2) is 0 Å². The number of ether oxygens (including phenoxy) is 1. The van der Waals surface area contributed by atoms with Crippen LogP contribution in [-0.2, 0) is 6.61 Å². The number of urea groups is 1. The van der Waals surface area contributed by atoms with E-state index in [4.69, 9.17) is 9.15 Å². The van der Waals surface area contributed by atoms with Gasteiger partial charge in [-0.2, -0.15) is 5.10 Å². The number of para-hydroxylation sites is 1. The molecule has 0 bridgehead atoms. The van der Waals surface area contributed by atoms with Crippen LogP contribution in [0.3, 0.4) is 0 Å². The maximum Gasteiger partial charge on any atom is 0.343 e. The highest BCUT2D eigenvalue weighted by atomic mass is 16.5. The number of hydrogen-bond acceptors (Lipinski definition) is 7. The number of hydrogen-bond donors (Lipinski definition) is 3. The van der Waals surface area contributed by atoms with Crippen molar-refractivity contribution < 1.29 is 19.1 Å². The topological polar surface area (TPSA) is 122 Å². The van der Waals surface area contributed by atoms with Crippen LogP contribution in [0.15, 0.2) is 119 Å². The van der Waals surface area contributed by atoms with E-state index in [1.807, 2.05) is 78.9 Å². The van der Waals surface area contributed by atoms with Gasteiger partial charge in [0.25, 0.3) is 5.89 Å². The van der Waals surface area contributed by atoms with Crippen molar-refractivity contribution in [3.63, 3.8) is 0 Å². The Balaban J connectivity index is 1.28. The number of aromatic hydroxyl groups is 1. The Morgan fingerprint density at radius 2 is 1.47 bits per heavy atom. The summed E-state index contributed by atoms with van der Waals surface area (Å²) in [5.41, 5.74) is 6.09. The molecule has 38 heavy (non-hydrogen) atoms. The van der Waals surface area contributed by atoms with Gasteiger partial charge >= 0.3 is 12.0 Å². The van der Waals surface area contributed by atoms with E-state index in [1.54, 1.807) is 30.3 Å². The smallest absolute Gasteiger partial charge is 0.343 e. The highest BCUT2D eigenvalue weighted by molar-refractivity contribution is 6.13. The predicted octanol–water partition coefficient (Wildman–Crippen LogP) is 5.60. The van der Waals surface area contributed by atoms with E-state index >= 15 is 0 Å². The van der Waals surface area contributed by atoms with Crippen LogP contribution in [0.1, 0.15) is 16.7 Å². The number of aromatic nitrogens is 2. The van der Waals surface area contributed by atoms with E-state index in [2.05, 4.69) is 26.0 Å². The molecule has 0 aliphatic rings. The fourth-order valence-electron chi connectivity index (χ4n) is 3.63. The average molecular weight is 506 g/mol. The molecule has 9 nitrogen and oxygen atoms in total. The number of phenols is 1. The van der Waals surface area contributed by atoms with E-state index in [9.17, 15) is 9.90 Å². The molecule has 188 valence electrons. The molecule has 0 unspecified atom stereocenters. The summed E-state index contributed by atoms with van der Waals surface area (Å²) in [6, 6.07) is 32.2. The van der Waals surface area contributed by atoms with Gasteiger partial charge in [-0.3, -0.25) is 5.32 Å². The van der Waals surface area contributed by atoms with Crippen molar-refractivity contribution in [2.45, 2.75) is 6.61 Å². The molecular weight excluding hydrogens is 482 g/mol. The molecule has 0 saturated heterocycles. The Bertz CT molecular complexity index is 1530. The first-order chi connectivity index (χ1) is 18.7. The number of phenolic OH excluding ortho intramolecular Hbond substituents is 1. The lowest BCUT2D eigenvalue weighted by atomic mass is 10.0. The molecule has 1 aromatic heterocycles. The van der Waals surface area contributed by atoms with E-state index in [0.29, 0.717) is 29.2 Å². The van der Waals surface area contributed by atoms with E-state index < -0.39 is 6.03 Å². The van der Waals surface area contributed by atoms with Gasteiger partial charge in [0.1, 0.15) is 18.1 Å². The summed E-state index contributed by atoms with van der Waals surface area (Å²) in [4.78, 5) is 12.6. The van der Waals surface area contributed by atoms with Gasteiger partial charge < -0.3 is 14.3 Å². The van der Waals surface area contributed by atoms with Crippen molar-refractivity contribution in [1.29, 1.82) is 0 Å². The zero-order chi connectivity index (χ0) is 26.2. The molecular formula is C29H23N5O4. The first kappa shape index (κ1) is 24.3. The maximum atomic E-state index is 12.6. The van der Waals surface area contributed by atoms with Gasteiger partial charge in [-0.05, 0) is 42.0 Å². The Morgan fingerprint density at radius 1 is 0.816 bits per heavy atom. The molecule has 0 spiro atoms. The van der Waals surface area contributed by atoms with Crippen LogP contribution < -0.4 is 15.5 Å². The van der Waals surface area contributed by atoms with Crippen LogP contribution in [-0.4, -0.2) is 27.0 Å². The number of nitrogens with one attached hydrogen (secondary N) is 2. The summed E-state index contributed by atoms with van der Waals surface area (Å²) >= 11 is 0. The number of benzene rings is 4. The second-order valence-corrected chi connectivity index (χ2v) is 8.12. The largest absolute Gasteiger partial charge is 0.508 e. The molecule has 0 saturated carbocycles. The molecule has 1 heterocycles. The Hall–Kier alpha value is -5.44. The number of amides is 2. The molecule has 4 aromatic carbocycles. The predicted molar refractivity (Wildman–Crippen MR) is 143 cm³/mol. The third kappa shape index (κ3) is 6.03. The average Bonchev–Trinajstić information content (AvgIpc) is 3.42. The molecule has 2 amide bonds. The van der Waals surface area contributed by atoms with Crippen LogP contribution in [0.5, 0.6) is 11.5 Å². The monoisotopic (exact) mass is 505 g/mol. The fourth-order valence-corrected chi connectivity index (χ4v) is 3.63. The molecule has 0 atom stereocenters. The van der Waals surface area contributed by atoms with Crippen LogP contribution in [0.25, 0.3) is 11.5 Å². The molecule has 5 aromatic rings. The summed E-state index contributed by atoms with van der Waals surface area (Å²) in [5, 5.41) is 24.4. The van der Waals surface area contributed by atoms with E-state index in [1.165, 1.54) is 0 Å². The van der Waals surface area contributed by atoms with Crippen molar-refractivity contribution in [1.82, 2.24) is 15.6 Å². The minimum Gasteiger partial charge on any atom is -0.508 e. The SMILES string of the molecule is O=C(N/N=C(\c1ccccc1)c1ccc(O)cc1)Nc1nnc(-c2ccccc2OCc2ccccc2)o1. The lowest BCUT2D eigenvalue weighted by Crippen LogP contribution is -2.26. The quantitative estimate of drug-likeness (QED) is 0.187. The van der Waals surface area contributed by atoms with Gasteiger partial charge in [-0.25, -0.2) is 10.2 Å². The second kappa shape index (κ2) is 11.5. The number of carbonyl (C=O) groups excluding carboxylic acids is 1. The fraction of sp³-hybridized carbons (Fsp3) is 0.0345. The van der Waals surface area contributed by atoms with Crippen molar-refractivity contribution in [2.75, 3.05) is 5.32 Å². The van der Waals surface area contributed by atoms with Crippen molar-refractivity contribution >= 4 is 17.8 Å². The molecule has 0 radical (unpaired) electrons. The van der Waals surface area contributed by atoms with Gasteiger partial charge in [-0.1, -0.05) is 77.9 Å². The molecule has 3 N–H and O–H groups in total. The standard InChI is InChI=1S/C29H23N5O4/c35-23-17-15-22(16-18-23)26(21-11-5-2-6-12-21)31-33-28(36)30-29-34-32-27(38-29)24-13-7-8-14-25(24)37-19-20-9-3-1-4-10-20/h1-18,35H,19H2,(H2,30,33,34,36)/b31-26+. The molecule has 5 rings (SSSR count). The van der Waals surface area contributed by atoms with Crippen molar-refractivity contribution in [2.24, 2.45) is 5.10 Å². The first-order valence-corrected chi connectivity index (χ1v) is 11.7. The zero-order valence-corrected chi connectivity index (χ0v) is 20.1. The number of hydrazone groups is 1. The number of carbonyl (C=O) groups is 1. The first-order valence-electron chi connectivity index (χ1n) is 11.7. The summed E-state index contributed by atoms with van der Waals surface area (Å²) in [7, 11) is 0. The molecule has 9 heteroatoms. The lowest BCUT2D eigenvalue weighted by Gasteiger charge is -2.09. The van der Waals surface area contributed by atoms with Crippen LogP contribution >= 0.6 is 0 Å². The minimum absolute atomic E-state index is 0.101. The Kier molecular flexibility index (Phi) is 7.36. The maximum absolute atomic E-state index is 12.6. The van der Waals surface area contributed by atoms with Crippen LogP contribution in [0, 0.1) is 0 Å². The van der Waals surface area contributed by atoms with Gasteiger partial charge in [0.2, 0.25) is 0 Å². The summed E-state index contributed by atoms with van der Waals surface area (Å²) in [6.45, 7) is 0.377. The molecule has 0 fully saturated rings.